The normalized spacial score (nSPS) is 11.6. The molecule has 0 amide bonds. The van der Waals surface area contributed by atoms with E-state index in [1.165, 1.54) is 4.31 Å². The second kappa shape index (κ2) is 8.61. The second-order valence-electron chi connectivity index (χ2n) is 6.23. The summed E-state index contributed by atoms with van der Waals surface area (Å²) < 4.78 is 26.8. The predicted octanol–water partition coefficient (Wildman–Crippen LogP) is 4.13. The van der Waals surface area contributed by atoms with Gasteiger partial charge in [0.15, 0.2) is 0 Å². The Balaban J connectivity index is 1.71. The molecule has 0 heterocycles. The minimum absolute atomic E-state index is 0.225. The first kappa shape index (κ1) is 19.5. The van der Waals surface area contributed by atoms with Crippen molar-refractivity contribution in [1.29, 1.82) is 5.26 Å². The fraction of sp³-hybridized carbons (Fsp3) is 0.0909. The molecule has 0 spiro atoms. The third-order valence-electron chi connectivity index (χ3n) is 4.20. The molecule has 0 aliphatic rings. The largest absolute Gasteiger partial charge is 0.256 e. The summed E-state index contributed by atoms with van der Waals surface area (Å²) in [6.07, 6.45) is 1.67. The highest BCUT2D eigenvalue weighted by Gasteiger charge is 2.20. The Morgan fingerprint density at radius 2 is 1.61 bits per heavy atom. The first-order chi connectivity index (χ1) is 13.5. The van der Waals surface area contributed by atoms with Crippen LogP contribution in [0.2, 0.25) is 0 Å². The number of benzene rings is 3. The van der Waals surface area contributed by atoms with Crippen LogP contribution >= 0.6 is 0 Å². The molecule has 28 heavy (non-hydrogen) atoms. The van der Waals surface area contributed by atoms with E-state index in [0.29, 0.717) is 17.8 Å². The van der Waals surface area contributed by atoms with Crippen LogP contribution in [0.5, 0.6) is 0 Å². The van der Waals surface area contributed by atoms with Crippen LogP contribution in [0.4, 0.5) is 5.69 Å². The average Bonchev–Trinajstić information content (AvgIpc) is 2.73. The predicted molar refractivity (Wildman–Crippen MR) is 110 cm³/mol. The molecule has 0 unspecified atom stereocenters. The number of nitrogens with zero attached hydrogens (tertiary/aromatic N) is 3. The van der Waals surface area contributed by atoms with E-state index in [4.69, 9.17) is 5.26 Å². The molecule has 0 N–H and O–H groups in total. The van der Waals surface area contributed by atoms with E-state index in [2.05, 4.69) is 11.1 Å². The molecule has 5 nitrogen and oxygen atoms in total. The van der Waals surface area contributed by atoms with Gasteiger partial charge in [0.05, 0.1) is 22.2 Å². The van der Waals surface area contributed by atoms with E-state index in [-0.39, 0.29) is 4.90 Å². The highest BCUT2D eigenvalue weighted by Crippen LogP contribution is 2.20. The minimum Gasteiger partial charge on any atom is -0.256 e. The van der Waals surface area contributed by atoms with Crippen molar-refractivity contribution < 1.29 is 8.42 Å². The molecule has 0 fully saturated rings. The molecule has 6 heteroatoms. The zero-order chi connectivity index (χ0) is 20.0. The Hall–Kier alpha value is -3.27. The van der Waals surface area contributed by atoms with Crippen LogP contribution in [0.3, 0.4) is 0 Å². The monoisotopic (exact) mass is 389 g/mol. The van der Waals surface area contributed by atoms with E-state index >= 15 is 0 Å². The van der Waals surface area contributed by atoms with Crippen molar-refractivity contribution in [2.24, 2.45) is 4.99 Å². The lowest BCUT2D eigenvalue weighted by molar-refractivity contribution is 0.467. The molecule has 140 valence electrons. The summed E-state index contributed by atoms with van der Waals surface area (Å²) in [6.45, 7) is 0.307. The highest BCUT2D eigenvalue weighted by atomic mass is 32.2. The van der Waals surface area contributed by atoms with Gasteiger partial charge in [-0.1, -0.05) is 42.5 Å². The van der Waals surface area contributed by atoms with Gasteiger partial charge in [0.1, 0.15) is 0 Å². The standard InChI is InChI=1S/C22H19N3O2S/c1-25(17-20-5-3-2-4-6-20)28(26,27)22-13-11-21(12-14-22)24-16-19-9-7-18(15-23)8-10-19/h2-14,16H,17H2,1H3. The molecule has 0 saturated heterocycles. The van der Waals surface area contributed by atoms with Gasteiger partial charge in [0, 0.05) is 19.8 Å². The Morgan fingerprint density at radius 1 is 0.964 bits per heavy atom. The molecule has 0 atom stereocenters. The second-order valence-corrected chi connectivity index (χ2v) is 8.28. The summed E-state index contributed by atoms with van der Waals surface area (Å²) in [7, 11) is -2.01. The number of sulfonamides is 1. The molecule has 0 aliphatic carbocycles. The van der Waals surface area contributed by atoms with Crippen LogP contribution in [-0.4, -0.2) is 26.0 Å². The summed E-state index contributed by atoms with van der Waals surface area (Å²) in [5.41, 5.74) is 3.02. The lowest BCUT2D eigenvalue weighted by atomic mass is 10.2. The lowest BCUT2D eigenvalue weighted by Gasteiger charge is -2.17. The maximum absolute atomic E-state index is 12.7. The zero-order valence-corrected chi connectivity index (χ0v) is 16.2. The Morgan fingerprint density at radius 3 is 2.21 bits per heavy atom. The molecular formula is C22H19N3O2S. The van der Waals surface area contributed by atoms with Crippen LogP contribution in [0.1, 0.15) is 16.7 Å². The molecule has 3 aromatic carbocycles. The topological polar surface area (TPSA) is 73.5 Å². The van der Waals surface area contributed by atoms with Gasteiger partial charge in [0.25, 0.3) is 0 Å². The van der Waals surface area contributed by atoms with Crippen molar-refractivity contribution in [3.63, 3.8) is 0 Å². The molecule has 3 aromatic rings. The van der Waals surface area contributed by atoms with E-state index in [0.717, 1.165) is 11.1 Å². The molecule has 0 saturated carbocycles. The van der Waals surface area contributed by atoms with Crippen molar-refractivity contribution in [2.75, 3.05) is 7.05 Å². The van der Waals surface area contributed by atoms with Gasteiger partial charge in [-0.05, 0) is 47.5 Å². The number of aliphatic imine (C=N–C) groups is 1. The third-order valence-corrected chi connectivity index (χ3v) is 6.01. The van der Waals surface area contributed by atoms with E-state index < -0.39 is 10.0 Å². The van der Waals surface area contributed by atoms with Crippen LogP contribution in [-0.2, 0) is 16.6 Å². The van der Waals surface area contributed by atoms with Gasteiger partial charge in [0.2, 0.25) is 10.0 Å². The molecule has 3 rings (SSSR count). The van der Waals surface area contributed by atoms with Crippen LogP contribution in [0, 0.1) is 11.3 Å². The summed E-state index contributed by atoms with van der Waals surface area (Å²) in [4.78, 5) is 4.58. The van der Waals surface area contributed by atoms with E-state index in [1.54, 1.807) is 61.8 Å². The summed E-state index contributed by atoms with van der Waals surface area (Å²) in [5, 5.41) is 8.81. The van der Waals surface area contributed by atoms with Gasteiger partial charge in [-0.25, -0.2) is 8.42 Å². The summed E-state index contributed by atoms with van der Waals surface area (Å²) in [6, 6.07) is 25.0. The molecule has 0 bridgehead atoms. The van der Waals surface area contributed by atoms with Crippen molar-refractivity contribution in [3.05, 3.63) is 95.6 Å². The summed E-state index contributed by atoms with van der Waals surface area (Å²) in [5.74, 6) is 0. The number of hydrogen-bond donors (Lipinski definition) is 0. The Bertz CT molecular complexity index is 1100. The van der Waals surface area contributed by atoms with Gasteiger partial charge in [-0.15, -0.1) is 0 Å². The molecular weight excluding hydrogens is 370 g/mol. The van der Waals surface area contributed by atoms with Crippen molar-refractivity contribution in [3.8, 4) is 6.07 Å². The van der Waals surface area contributed by atoms with E-state index in [1.807, 2.05) is 30.3 Å². The molecule has 0 aromatic heterocycles. The molecule has 0 aliphatic heterocycles. The quantitative estimate of drug-likeness (QED) is 0.595. The van der Waals surface area contributed by atoms with Crippen LogP contribution < -0.4 is 0 Å². The van der Waals surface area contributed by atoms with Crippen LogP contribution in [0.25, 0.3) is 0 Å². The van der Waals surface area contributed by atoms with Crippen molar-refractivity contribution in [1.82, 2.24) is 4.31 Å². The number of rotatable bonds is 6. The minimum atomic E-state index is -3.58. The first-order valence-corrected chi connectivity index (χ1v) is 10.1. The van der Waals surface area contributed by atoms with Crippen LogP contribution in [0.15, 0.2) is 88.8 Å². The smallest absolute Gasteiger partial charge is 0.243 e. The summed E-state index contributed by atoms with van der Waals surface area (Å²) >= 11 is 0. The number of hydrogen-bond acceptors (Lipinski definition) is 4. The third kappa shape index (κ3) is 4.71. The maximum Gasteiger partial charge on any atom is 0.243 e. The van der Waals surface area contributed by atoms with Crippen molar-refractivity contribution in [2.45, 2.75) is 11.4 Å². The van der Waals surface area contributed by atoms with Gasteiger partial charge < -0.3 is 0 Å². The van der Waals surface area contributed by atoms with E-state index in [9.17, 15) is 8.42 Å². The van der Waals surface area contributed by atoms with Crippen molar-refractivity contribution >= 4 is 21.9 Å². The fourth-order valence-corrected chi connectivity index (χ4v) is 3.76. The lowest BCUT2D eigenvalue weighted by Crippen LogP contribution is -2.26. The van der Waals surface area contributed by atoms with Gasteiger partial charge in [-0.2, -0.15) is 9.57 Å². The SMILES string of the molecule is CN(Cc1ccccc1)S(=O)(=O)c1ccc(N=Cc2ccc(C#N)cc2)cc1. The maximum atomic E-state index is 12.7. The molecule has 0 radical (unpaired) electrons. The number of nitriles is 1. The van der Waals surface area contributed by atoms with Gasteiger partial charge >= 0.3 is 0 Å². The first-order valence-electron chi connectivity index (χ1n) is 8.63. The highest BCUT2D eigenvalue weighted by molar-refractivity contribution is 7.89. The van der Waals surface area contributed by atoms with Gasteiger partial charge in [-0.3, -0.25) is 4.99 Å². The zero-order valence-electron chi connectivity index (χ0n) is 15.4. The Kier molecular flexibility index (Phi) is 5.99. The average molecular weight is 389 g/mol. The Labute approximate surface area is 165 Å². The fourth-order valence-electron chi connectivity index (χ4n) is 2.60.